The topological polar surface area (TPSA) is 61.4 Å². The van der Waals surface area contributed by atoms with Gasteiger partial charge >= 0.3 is 0 Å². The van der Waals surface area contributed by atoms with Gasteiger partial charge in [0, 0.05) is 31.7 Å². The zero-order chi connectivity index (χ0) is 22.1. The number of morpholine rings is 1. The second-order valence-corrected chi connectivity index (χ2v) is 9.02. The second-order valence-electron chi connectivity index (χ2n) is 9.02. The second kappa shape index (κ2) is 11.7. The highest BCUT2D eigenvalue weighted by Crippen LogP contribution is 2.26. The van der Waals surface area contributed by atoms with Crippen molar-refractivity contribution in [2.75, 3.05) is 66.1 Å². The number of ether oxygens (including phenoxy) is 2. The Hall–Kier alpha value is -1.83. The van der Waals surface area contributed by atoms with Crippen LogP contribution in [-0.4, -0.2) is 87.4 Å². The minimum atomic E-state index is 0.0104. The highest BCUT2D eigenvalue weighted by atomic mass is 16.5. The first-order valence-corrected chi connectivity index (χ1v) is 11.8. The molecule has 2 saturated heterocycles. The van der Waals surface area contributed by atoms with Crippen molar-refractivity contribution in [3.8, 4) is 5.75 Å². The number of benzene rings is 1. The van der Waals surface area contributed by atoms with Crippen molar-refractivity contribution in [3.05, 3.63) is 29.8 Å². The normalized spacial score (nSPS) is 19.9. The van der Waals surface area contributed by atoms with Gasteiger partial charge in [-0.05, 0) is 64.4 Å². The molecule has 2 fully saturated rings. The van der Waals surface area contributed by atoms with E-state index < -0.39 is 0 Å². The minimum Gasteiger partial charge on any atom is -0.497 e. The molecule has 1 aromatic rings. The summed E-state index contributed by atoms with van der Waals surface area (Å²) in [6.45, 7) is 15.0. The third kappa shape index (κ3) is 6.82. The van der Waals surface area contributed by atoms with Gasteiger partial charge in [-0.1, -0.05) is 12.1 Å². The van der Waals surface area contributed by atoms with Crippen molar-refractivity contribution in [1.29, 1.82) is 0 Å². The van der Waals surface area contributed by atoms with Gasteiger partial charge < -0.3 is 20.1 Å². The fourth-order valence-corrected chi connectivity index (χ4v) is 4.41. The molecule has 0 amide bonds. The summed E-state index contributed by atoms with van der Waals surface area (Å²) in [5.74, 6) is 1.79. The van der Waals surface area contributed by atoms with Crippen molar-refractivity contribution in [2.24, 2.45) is 4.99 Å². The number of likely N-dealkylation sites (tertiary alicyclic amines) is 1. The molecule has 7 heteroatoms. The molecule has 0 radical (unpaired) electrons. The number of hydrogen-bond donors (Lipinski definition) is 2. The van der Waals surface area contributed by atoms with Gasteiger partial charge in [0.15, 0.2) is 5.96 Å². The zero-order valence-electron chi connectivity index (χ0n) is 19.8. The van der Waals surface area contributed by atoms with Crippen molar-refractivity contribution < 1.29 is 9.47 Å². The zero-order valence-corrected chi connectivity index (χ0v) is 19.8. The fourth-order valence-electron chi connectivity index (χ4n) is 4.41. The highest BCUT2D eigenvalue weighted by molar-refractivity contribution is 5.79. The van der Waals surface area contributed by atoms with Gasteiger partial charge in [0.05, 0.1) is 32.9 Å². The van der Waals surface area contributed by atoms with E-state index in [0.29, 0.717) is 6.04 Å². The molecule has 0 bridgehead atoms. The maximum atomic E-state index is 5.51. The molecule has 2 aliphatic rings. The molecule has 7 nitrogen and oxygen atoms in total. The van der Waals surface area contributed by atoms with Crippen LogP contribution in [0, 0.1) is 0 Å². The SMILES string of the molecule is CCNC(=NCC(C)(C)N1CCOCC1)NCC(c1ccc(OC)cc1)N1CCCC1. The Kier molecular flexibility index (Phi) is 8.99. The molecule has 0 aromatic heterocycles. The summed E-state index contributed by atoms with van der Waals surface area (Å²) >= 11 is 0. The van der Waals surface area contributed by atoms with E-state index in [2.05, 4.69) is 65.5 Å². The van der Waals surface area contributed by atoms with Gasteiger partial charge in [-0.3, -0.25) is 14.8 Å². The van der Waals surface area contributed by atoms with Crippen LogP contribution in [0.15, 0.2) is 29.3 Å². The summed E-state index contributed by atoms with van der Waals surface area (Å²) in [6, 6.07) is 8.82. The number of guanidine groups is 1. The number of aliphatic imine (C=N–C) groups is 1. The molecule has 0 aliphatic carbocycles. The molecular formula is C24H41N5O2. The number of nitrogens with one attached hydrogen (secondary N) is 2. The average molecular weight is 432 g/mol. The van der Waals surface area contributed by atoms with E-state index in [9.17, 15) is 0 Å². The summed E-state index contributed by atoms with van der Waals surface area (Å²) < 4.78 is 10.9. The Morgan fingerprint density at radius 3 is 2.39 bits per heavy atom. The monoisotopic (exact) mass is 431 g/mol. The first kappa shape index (κ1) is 23.8. The average Bonchev–Trinajstić information content (AvgIpc) is 3.33. The van der Waals surface area contributed by atoms with Crippen molar-refractivity contribution in [1.82, 2.24) is 20.4 Å². The van der Waals surface area contributed by atoms with Crippen molar-refractivity contribution in [3.63, 3.8) is 0 Å². The summed E-state index contributed by atoms with van der Waals surface area (Å²) in [5, 5.41) is 7.05. The van der Waals surface area contributed by atoms with Gasteiger partial charge in [-0.15, -0.1) is 0 Å². The maximum Gasteiger partial charge on any atom is 0.191 e. The lowest BCUT2D eigenvalue weighted by atomic mass is 10.0. The molecule has 2 N–H and O–H groups in total. The Bertz CT molecular complexity index is 680. The molecule has 2 heterocycles. The summed E-state index contributed by atoms with van der Waals surface area (Å²) in [7, 11) is 1.71. The Morgan fingerprint density at radius 2 is 1.77 bits per heavy atom. The molecule has 1 unspecified atom stereocenters. The fraction of sp³-hybridized carbons (Fsp3) is 0.708. The molecule has 0 spiro atoms. The van der Waals surface area contributed by atoms with Crippen LogP contribution in [0.2, 0.25) is 0 Å². The Labute approximate surface area is 188 Å². The minimum absolute atomic E-state index is 0.0104. The van der Waals surface area contributed by atoms with Crippen LogP contribution in [-0.2, 0) is 4.74 Å². The van der Waals surface area contributed by atoms with Crippen LogP contribution in [0.5, 0.6) is 5.75 Å². The van der Waals surface area contributed by atoms with Crippen LogP contribution in [0.25, 0.3) is 0 Å². The third-order valence-corrected chi connectivity index (χ3v) is 6.38. The maximum absolute atomic E-state index is 5.51. The quantitative estimate of drug-likeness (QED) is 0.463. The Morgan fingerprint density at radius 1 is 1.10 bits per heavy atom. The lowest BCUT2D eigenvalue weighted by Crippen LogP contribution is -2.52. The third-order valence-electron chi connectivity index (χ3n) is 6.38. The molecule has 2 aliphatic heterocycles. The van der Waals surface area contributed by atoms with Gasteiger partial charge in [-0.25, -0.2) is 0 Å². The van der Waals surface area contributed by atoms with Crippen LogP contribution >= 0.6 is 0 Å². The molecule has 174 valence electrons. The molecule has 31 heavy (non-hydrogen) atoms. The van der Waals surface area contributed by atoms with E-state index in [1.165, 1.54) is 18.4 Å². The predicted molar refractivity (Wildman–Crippen MR) is 127 cm³/mol. The smallest absolute Gasteiger partial charge is 0.191 e. The Balaban J connectivity index is 1.66. The standard InChI is InChI=1S/C24H41N5O2/c1-5-25-23(27-19-24(2,3)29-14-16-31-17-15-29)26-18-22(28-12-6-7-13-28)20-8-10-21(30-4)11-9-20/h8-11,22H,5-7,12-19H2,1-4H3,(H2,25,26,27). The number of hydrogen-bond acceptors (Lipinski definition) is 5. The van der Waals surface area contributed by atoms with Gasteiger partial charge in [0.25, 0.3) is 0 Å². The molecule has 1 atom stereocenters. The van der Waals surface area contributed by atoms with Crippen LogP contribution in [0.3, 0.4) is 0 Å². The molecule has 0 saturated carbocycles. The summed E-state index contributed by atoms with van der Waals surface area (Å²) in [5.41, 5.74) is 1.33. The van der Waals surface area contributed by atoms with Crippen molar-refractivity contribution in [2.45, 2.75) is 45.2 Å². The van der Waals surface area contributed by atoms with Crippen LogP contribution < -0.4 is 15.4 Å². The van der Waals surface area contributed by atoms with E-state index in [4.69, 9.17) is 14.5 Å². The number of rotatable bonds is 9. The highest BCUT2D eigenvalue weighted by Gasteiger charge is 2.28. The lowest BCUT2D eigenvalue weighted by molar-refractivity contribution is -0.00684. The summed E-state index contributed by atoms with van der Waals surface area (Å²) in [6.07, 6.45) is 2.54. The van der Waals surface area contributed by atoms with Crippen molar-refractivity contribution >= 4 is 5.96 Å². The number of nitrogens with zero attached hydrogens (tertiary/aromatic N) is 3. The first-order chi connectivity index (χ1) is 15.0. The van der Waals surface area contributed by atoms with Crippen LogP contribution in [0.1, 0.15) is 45.2 Å². The van der Waals surface area contributed by atoms with E-state index in [-0.39, 0.29) is 5.54 Å². The molecule has 1 aromatic carbocycles. The van der Waals surface area contributed by atoms with E-state index >= 15 is 0 Å². The lowest BCUT2D eigenvalue weighted by Gasteiger charge is -2.40. The van der Waals surface area contributed by atoms with Gasteiger partial charge in [-0.2, -0.15) is 0 Å². The molecule has 3 rings (SSSR count). The van der Waals surface area contributed by atoms with E-state index in [1.807, 2.05) is 0 Å². The van der Waals surface area contributed by atoms with Crippen LogP contribution in [0.4, 0.5) is 0 Å². The summed E-state index contributed by atoms with van der Waals surface area (Å²) in [4.78, 5) is 10.0. The first-order valence-electron chi connectivity index (χ1n) is 11.8. The predicted octanol–water partition coefficient (Wildman–Crippen LogP) is 2.50. The number of methoxy groups -OCH3 is 1. The van der Waals surface area contributed by atoms with Gasteiger partial charge in [0.1, 0.15) is 5.75 Å². The van der Waals surface area contributed by atoms with Gasteiger partial charge in [0.2, 0.25) is 0 Å². The van der Waals surface area contributed by atoms with E-state index in [0.717, 1.165) is 70.7 Å². The largest absolute Gasteiger partial charge is 0.497 e. The molecular weight excluding hydrogens is 390 g/mol. The van der Waals surface area contributed by atoms with E-state index in [1.54, 1.807) is 7.11 Å².